The zero-order valence-corrected chi connectivity index (χ0v) is 18.0. The van der Waals surface area contributed by atoms with Gasteiger partial charge in [-0.05, 0) is 35.9 Å². The van der Waals surface area contributed by atoms with Crippen LogP contribution in [0.5, 0.6) is 0 Å². The Balaban J connectivity index is 1.62. The minimum absolute atomic E-state index is 0.432. The average Bonchev–Trinajstić information content (AvgIpc) is 3.31. The first-order valence-electron chi connectivity index (χ1n) is 10.3. The monoisotopic (exact) mass is 438 g/mol. The van der Waals surface area contributed by atoms with E-state index in [2.05, 4.69) is 10.3 Å². The van der Waals surface area contributed by atoms with Gasteiger partial charge in [0.2, 0.25) is 5.91 Å². The molecule has 0 saturated heterocycles. The lowest BCUT2D eigenvalue weighted by molar-refractivity contribution is -0.144. The summed E-state index contributed by atoms with van der Waals surface area (Å²) >= 11 is 0. The highest BCUT2D eigenvalue weighted by molar-refractivity contribution is 5.95. The molecule has 1 N–H and O–H groups in total. The largest absolute Gasteiger partial charge is 0.467 e. The SMILES string of the molecule is COC(=O)C(NC(=O)C=Cc1cn(-c2ccccc2)nc1-c1cccnc1)c1ccccc1. The third-order valence-electron chi connectivity index (χ3n) is 4.97. The highest BCUT2D eigenvalue weighted by atomic mass is 16.5. The molecule has 2 aromatic heterocycles. The summed E-state index contributed by atoms with van der Waals surface area (Å²) in [4.78, 5) is 29.1. The number of methoxy groups -OCH3 is 1. The lowest BCUT2D eigenvalue weighted by atomic mass is 10.1. The van der Waals surface area contributed by atoms with Crippen molar-refractivity contribution in [2.45, 2.75) is 6.04 Å². The Morgan fingerprint density at radius 3 is 2.39 bits per heavy atom. The van der Waals surface area contributed by atoms with Crippen LogP contribution in [-0.2, 0) is 14.3 Å². The number of para-hydroxylation sites is 1. The minimum Gasteiger partial charge on any atom is -0.467 e. The van der Waals surface area contributed by atoms with Gasteiger partial charge in [-0.3, -0.25) is 9.78 Å². The van der Waals surface area contributed by atoms with Gasteiger partial charge in [-0.25, -0.2) is 9.48 Å². The molecule has 1 atom stereocenters. The van der Waals surface area contributed by atoms with Gasteiger partial charge in [-0.15, -0.1) is 0 Å². The Kier molecular flexibility index (Phi) is 6.70. The lowest BCUT2D eigenvalue weighted by Gasteiger charge is -2.15. The van der Waals surface area contributed by atoms with E-state index in [9.17, 15) is 9.59 Å². The number of nitrogens with one attached hydrogen (secondary N) is 1. The molecule has 1 amide bonds. The number of nitrogens with zero attached hydrogens (tertiary/aromatic N) is 3. The molecule has 7 heteroatoms. The first kappa shape index (κ1) is 21.7. The Morgan fingerprint density at radius 1 is 1.00 bits per heavy atom. The number of ether oxygens (including phenoxy) is 1. The van der Waals surface area contributed by atoms with Gasteiger partial charge in [0.25, 0.3) is 0 Å². The lowest BCUT2D eigenvalue weighted by Crippen LogP contribution is -2.33. The van der Waals surface area contributed by atoms with Crippen molar-refractivity contribution in [1.82, 2.24) is 20.1 Å². The summed E-state index contributed by atoms with van der Waals surface area (Å²) in [5.74, 6) is -0.977. The Bertz CT molecular complexity index is 1250. The zero-order valence-electron chi connectivity index (χ0n) is 18.0. The molecule has 0 fully saturated rings. The van der Waals surface area contributed by atoms with Crippen LogP contribution in [0, 0.1) is 0 Å². The van der Waals surface area contributed by atoms with E-state index in [0.717, 1.165) is 16.8 Å². The molecule has 0 saturated carbocycles. The van der Waals surface area contributed by atoms with Crippen LogP contribution >= 0.6 is 0 Å². The average molecular weight is 438 g/mol. The third kappa shape index (κ3) is 5.22. The molecule has 0 aliphatic carbocycles. The van der Waals surface area contributed by atoms with Gasteiger partial charge in [0.1, 0.15) is 5.69 Å². The van der Waals surface area contributed by atoms with Crippen molar-refractivity contribution in [2.75, 3.05) is 7.11 Å². The molecular weight excluding hydrogens is 416 g/mol. The second kappa shape index (κ2) is 10.2. The Hall–Kier alpha value is -4.52. The third-order valence-corrected chi connectivity index (χ3v) is 4.97. The molecule has 33 heavy (non-hydrogen) atoms. The minimum atomic E-state index is -0.904. The number of hydrogen-bond donors (Lipinski definition) is 1. The van der Waals surface area contributed by atoms with E-state index in [4.69, 9.17) is 9.84 Å². The maximum absolute atomic E-state index is 12.7. The first-order valence-corrected chi connectivity index (χ1v) is 10.3. The molecule has 2 aromatic carbocycles. The molecule has 0 bridgehead atoms. The zero-order chi connectivity index (χ0) is 23.0. The summed E-state index contributed by atoms with van der Waals surface area (Å²) in [5, 5.41) is 7.41. The van der Waals surface area contributed by atoms with E-state index in [1.807, 2.05) is 54.7 Å². The number of carbonyl (C=O) groups is 2. The van der Waals surface area contributed by atoms with Crippen LogP contribution < -0.4 is 5.32 Å². The van der Waals surface area contributed by atoms with Gasteiger partial charge in [0.15, 0.2) is 6.04 Å². The fourth-order valence-corrected chi connectivity index (χ4v) is 3.35. The van der Waals surface area contributed by atoms with E-state index in [1.54, 1.807) is 47.4 Å². The van der Waals surface area contributed by atoms with Gasteiger partial charge in [0.05, 0.1) is 12.8 Å². The number of rotatable bonds is 7. The van der Waals surface area contributed by atoms with E-state index in [0.29, 0.717) is 11.3 Å². The predicted molar refractivity (Wildman–Crippen MR) is 125 cm³/mol. The maximum atomic E-state index is 12.7. The standard InChI is InChI=1S/C26H22N4O3/c1-33-26(32)25(19-9-4-2-5-10-19)28-23(31)15-14-21-18-30(22-12-6-3-7-13-22)29-24(21)20-11-8-16-27-17-20/h2-18,25H,1H3,(H,28,31). The first-order chi connectivity index (χ1) is 16.2. The van der Waals surface area contributed by atoms with E-state index >= 15 is 0 Å². The Labute approximate surface area is 191 Å². The highest BCUT2D eigenvalue weighted by Gasteiger charge is 2.22. The van der Waals surface area contributed by atoms with Crippen molar-refractivity contribution in [1.29, 1.82) is 0 Å². The van der Waals surface area contributed by atoms with Crippen molar-refractivity contribution in [3.05, 3.63) is 109 Å². The van der Waals surface area contributed by atoms with E-state index in [1.165, 1.54) is 13.2 Å². The molecule has 0 radical (unpaired) electrons. The smallest absolute Gasteiger partial charge is 0.333 e. The Morgan fingerprint density at radius 2 is 1.73 bits per heavy atom. The van der Waals surface area contributed by atoms with Crippen LogP contribution in [0.15, 0.2) is 97.5 Å². The molecule has 2 heterocycles. The number of benzene rings is 2. The fourth-order valence-electron chi connectivity index (χ4n) is 3.35. The van der Waals surface area contributed by atoms with Crippen LogP contribution in [0.25, 0.3) is 23.0 Å². The van der Waals surface area contributed by atoms with Crippen molar-refractivity contribution < 1.29 is 14.3 Å². The quantitative estimate of drug-likeness (QED) is 0.348. The number of pyridine rings is 1. The molecule has 0 aliphatic heterocycles. The summed E-state index contributed by atoms with van der Waals surface area (Å²) in [7, 11) is 1.29. The number of aromatic nitrogens is 3. The number of esters is 1. The van der Waals surface area contributed by atoms with Crippen molar-refractivity contribution in [3.63, 3.8) is 0 Å². The summed E-state index contributed by atoms with van der Waals surface area (Å²) in [5.41, 5.74) is 3.77. The van der Waals surface area contributed by atoms with Crippen LogP contribution in [0.2, 0.25) is 0 Å². The summed E-state index contributed by atoms with van der Waals surface area (Å²) < 4.78 is 6.61. The topological polar surface area (TPSA) is 86.1 Å². The second-order valence-corrected chi connectivity index (χ2v) is 7.16. The highest BCUT2D eigenvalue weighted by Crippen LogP contribution is 2.24. The van der Waals surface area contributed by atoms with Gasteiger partial charge in [-0.2, -0.15) is 5.10 Å². The van der Waals surface area contributed by atoms with Gasteiger partial charge in [-0.1, -0.05) is 48.5 Å². The molecule has 4 aromatic rings. The normalized spacial score (nSPS) is 11.8. The molecule has 0 spiro atoms. The van der Waals surface area contributed by atoms with Gasteiger partial charge < -0.3 is 10.1 Å². The van der Waals surface area contributed by atoms with Gasteiger partial charge in [0, 0.05) is 35.8 Å². The number of hydrogen-bond acceptors (Lipinski definition) is 5. The van der Waals surface area contributed by atoms with Crippen molar-refractivity contribution in [2.24, 2.45) is 0 Å². The molecule has 0 aliphatic rings. The van der Waals surface area contributed by atoms with Crippen LogP contribution in [0.4, 0.5) is 0 Å². The van der Waals surface area contributed by atoms with E-state index in [-0.39, 0.29) is 0 Å². The molecular formula is C26H22N4O3. The van der Waals surface area contributed by atoms with E-state index < -0.39 is 17.9 Å². The van der Waals surface area contributed by atoms with Crippen LogP contribution in [-0.4, -0.2) is 33.8 Å². The molecule has 1 unspecified atom stereocenters. The maximum Gasteiger partial charge on any atom is 0.333 e. The fraction of sp³-hybridized carbons (Fsp3) is 0.0769. The van der Waals surface area contributed by atoms with Crippen LogP contribution in [0.3, 0.4) is 0 Å². The summed E-state index contributed by atoms with van der Waals surface area (Å²) in [6, 6.07) is 21.5. The summed E-state index contributed by atoms with van der Waals surface area (Å²) in [6.07, 6.45) is 8.31. The predicted octanol–water partition coefficient (Wildman–Crippen LogP) is 3.98. The summed E-state index contributed by atoms with van der Waals surface area (Å²) in [6.45, 7) is 0. The van der Waals surface area contributed by atoms with Crippen molar-refractivity contribution in [3.8, 4) is 16.9 Å². The molecule has 4 rings (SSSR count). The number of amides is 1. The number of carbonyl (C=O) groups excluding carboxylic acids is 2. The molecule has 164 valence electrons. The molecule has 7 nitrogen and oxygen atoms in total. The van der Waals surface area contributed by atoms with Crippen LogP contribution in [0.1, 0.15) is 17.2 Å². The van der Waals surface area contributed by atoms with Crippen molar-refractivity contribution >= 4 is 18.0 Å². The second-order valence-electron chi connectivity index (χ2n) is 7.16. The van der Waals surface area contributed by atoms with Gasteiger partial charge >= 0.3 is 5.97 Å².